The van der Waals surface area contributed by atoms with Crippen LogP contribution in [0.5, 0.6) is 0 Å². The smallest absolute Gasteiger partial charge is 0.246 e. The summed E-state index contributed by atoms with van der Waals surface area (Å²) in [6.45, 7) is 6.97. The van der Waals surface area contributed by atoms with Crippen molar-refractivity contribution in [2.24, 2.45) is 11.7 Å². The summed E-state index contributed by atoms with van der Waals surface area (Å²) in [5, 5.41) is 3.96. The van der Waals surface area contributed by atoms with E-state index in [-0.39, 0.29) is 31.0 Å². The number of likely N-dealkylation sites (N-methyl/N-ethyl adjacent to an activating group) is 1. The Labute approximate surface area is 156 Å². The van der Waals surface area contributed by atoms with Gasteiger partial charge in [0.25, 0.3) is 0 Å². The number of nitrogens with two attached hydrogens (primary N) is 1. The molecule has 1 saturated carbocycles. The number of rotatable bonds is 7. The molecule has 7 nitrogen and oxygen atoms in total. The highest BCUT2D eigenvalue weighted by atomic mass is 35.5. The third-order valence-electron chi connectivity index (χ3n) is 4.42. The highest BCUT2D eigenvalue weighted by Gasteiger charge is 2.37. The van der Waals surface area contributed by atoms with Gasteiger partial charge in [0.05, 0.1) is 12.1 Å². The van der Waals surface area contributed by atoms with Crippen molar-refractivity contribution in [1.82, 2.24) is 15.0 Å². The predicted molar refractivity (Wildman–Crippen MR) is 97.2 cm³/mol. The molecule has 1 atom stereocenters. The van der Waals surface area contributed by atoms with Crippen LogP contribution in [0, 0.1) is 5.92 Å². The summed E-state index contributed by atoms with van der Waals surface area (Å²) in [4.78, 5) is 18.6. The zero-order chi connectivity index (χ0) is 17.7. The van der Waals surface area contributed by atoms with E-state index in [1.165, 1.54) is 0 Å². The van der Waals surface area contributed by atoms with E-state index in [0.717, 1.165) is 32.1 Å². The molecule has 0 bridgehead atoms. The lowest BCUT2D eigenvalue weighted by Crippen LogP contribution is -2.55. The van der Waals surface area contributed by atoms with Crippen LogP contribution in [0.4, 0.5) is 0 Å². The maximum Gasteiger partial charge on any atom is 0.246 e. The fraction of sp³-hybridized carbons (Fsp3) is 0.824. The Balaban J connectivity index is 0.00000312. The second kappa shape index (κ2) is 9.50. The Bertz CT molecular complexity index is 544. The molecule has 1 aliphatic rings. The molecule has 1 amide bonds. The van der Waals surface area contributed by atoms with E-state index >= 15 is 0 Å². The highest BCUT2D eigenvalue weighted by Crippen LogP contribution is 2.27. The predicted octanol–water partition coefficient (Wildman–Crippen LogP) is 2.85. The van der Waals surface area contributed by atoms with E-state index in [4.69, 9.17) is 15.0 Å². The van der Waals surface area contributed by atoms with Gasteiger partial charge in [-0.1, -0.05) is 38.3 Å². The molecule has 0 saturated heterocycles. The van der Waals surface area contributed by atoms with Crippen molar-refractivity contribution in [1.29, 1.82) is 0 Å². The van der Waals surface area contributed by atoms with E-state index in [9.17, 15) is 4.79 Å². The molecule has 1 aliphatic carbocycles. The number of amides is 1. The molecule has 0 spiro atoms. The largest absolute Gasteiger partial charge is 0.370 e. The van der Waals surface area contributed by atoms with Crippen LogP contribution in [0.15, 0.2) is 4.52 Å². The van der Waals surface area contributed by atoms with Crippen molar-refractivity contribution < 1.29 is 14.1 Å². The molecule has 0 radical (unpaired) electrons. The fourth-order valence-electron chi connectivity index (χ4n) is 2.96. The van der Waals surface area contributed by atoms with Crippen LogP contribution in [0.1, 0.15) is 70.7 Å². The molecule has 2 N–H and O–H groups in total. The minimum absolute atomic E-state index is 0. The van der Waals surface area contributed by atoms with Crippen LogP contribution < -0.4 is 5.73 Å². The maximum atomic E-state index is 12.6. The van der Waals surface area contributed by atoms with Gasteiger partial charge in [-0.25, -0.2) is 0 Å². The number of aromatic nitrogens is 2. The lowest BCUT2D eigenvalue weighted by molar-refractivity contribution is -0.137. The molecular weight excluding hydrogens is 344 g/mol. The Morgan fingerprint density at radius 3 is 2.56 bits per heavy atom. The SMILES string of the molecule is CC(C)COC(C)c1noc(CN(C)C(=O)C2(N)CCCCC2)n1.Cl. The topological polar surface area (TPSA) is 94.5 Å². The van der Waals surface area contributed by atoms with Gasteiger partial charge in [-0.15, -0.1) is 12.4 Å². The third-order valence-corrected chi connectivity index (χ3v) is 4.42. The van der Waals surface area contributed by atoms with Crippen molar-refractivity contribution in [3.8, 4) is 0 Å². The Hall–Kier alpha value is -1.18. The van der Waals surface area contributed by atoms with Gasteiger partial charge in [0.15, 0.2) is 5.82 Å². The minimum atomic E-state index is -0.747. The van der Waals surface area contributed by atoms with E-state index in [2.05, 4.69) is 24.0 Å². The molecule has 2 rings (SSSR count). The molecule has 1 fully saturated rings. The summed E-state index contributed by atoms with van der Waals surface area (Å²) in [6, 6.07) is 0. The molecular formula is C17H31ClN4O3. The van der Waals surface area contributed by atoms with Crippen molar-refractivity contribution in [3.63, 3.8) is 0 Å². The van der Waals surface area contributed by atoms with Crippen LogP contribution in [0.25, 0.3) is 0 Å². The summed E-state index contributed by atoms with van der Waals surface area (Å²) < 4.78 is 10.9. The van der Waals surface area contributed by atoms with E-state index < -0.39 is 5.54 Å². The van der Waals surface area contributed by atoms with Crippen molar-refractivity contribution in [3.05, 3.63) is 11.7 Å². The van der Waals surface area contributed by atoms with Gasteiger partial charge >= 0.3 is 0 Å². The zero-order valence-corrected chi connectivity index (χ0v) is 16.5. The van der Waals surface area contributed by atoms with E-state index in [1.54, 1.807) is 11.9 Å². The van der Waals surface area contributed by atoms with Crippen molar-refractivity contribution >= 4 is 18.3 Å². The van der Waals surface area contributed by atoms with Crippen LogP contribution in [0.2, 0.25) is 0 Å². The van der Waals surface area contributed by atoms with Gasteiger partial charge in [0.2, 0.25) is 11.8 Å². The number of ether oxygens (including phenoxy) is 1. The van der Waals surface area contributed by atoms with Gasteiger partial charge in [0, 0.05) is 13.7 Å². The third kappa shape index (κ3) is 5.94. The lowest BCUT2D eigenvalue weighted by Gasteiger charge is -2.34. The minimum Gasteiger partial charge on any atom is -0.370 e. The van der Waals surface area contributed by atoms with E-state index in [1.807, 2.05) is 6.92 Å². The first kappa shape index (κ1) is 21.9. The summed E-state index contributed by atoms with van der Waals surface area (Å²) in [6.07, 6.45) is 4.41. The highest BCUT2D eigenvalue weighted by molar-refractivity contribution is 5.86. The molecule has 1 aromatic heterocycles. The number of hydrogen-bond acceptors (Lipinski definition) is 6. The van der Waals surface area contributed by atoms with Gasteiger partial charge in [0.1, 0.15) is 6.10 Å². The fourth-order valence-corrected chi connectivity index (χ4v) is 2.96. The number of carbonyl (C=O) groups is 1. The molecule has 1 aromatic rings. The van der Waals surface area contributed by atoms with Crippen LogP contribution in [-0.4, -0.2) is 40.1 Å². The van der Waals surface area contributed by atoms with Gasteiger partial charge in [-0.3, -0.25) is 4.79 Å². The Morgan fingerprint density at radius 1 is 1.32 bits per heavy atom. The molecule has 25 heavy (non-hydrogen) atoms. The molecule has 8 heteroatoms. The Morgan fingerprint density at radius 2 is 1.96 bits per heavy atom. The molecule has 0 aromatic carbocycles. The first-order valence-electron chi connectivity index (χ1n) is 8.80. The summed E-state index contributed by atoms with van der Waals surface area (Å²) in [7, 11) is 1.73. The molecule has 0 aliphatic heterocycles. The van der Waals surface area contributed by atoms with Gasteiger partial charge in [-0.2, -0.15) is 4.98 Å². The molecule has 1 unspecified atom stereocenters. The first-order valence-corrected chi connectivity index (χ1v) is 8.80. The average molecular weight is 375 g/mol. The van der Waals surface area contributed by atoms with Crippen molar-refractivity contribution in [2.45, 2.75) is 71.1 Å². The monoisotopic (exact) mass is 374 g/mol. The average Bonchev–Trinajstić information content (AvgIpc) is 3.01. The van der Waals surface area contributed by atoms with Crippen LogP contribution >= 0.6 is 12.4 Å². The zero-order valence-electron chi connectivity index (χ0n) is 15.7. The Kier molecular flexibility index (Phi) is 8.31. The number of carbonyl (C=O) groups excluding carboxylic acids is 1. The summed E-state index contributed by atoms with van der Waals surface area (Å²) in [5.74, 6) is 1.30. The number of nitrogens with zero attached hydrogens (tertiary/aromatic N) is 3. The quantitative estimate of drug-likeness (QED) is 0.788. The van der Waals surface area contributed by atoms with Gasteiger partial charge < -0.3 is 19.9 Å². The first-order chi connectivity index (χ1) is 11.3. The van der Waals surface area contributed by atoms with Crippen LogP contribution in [-0.2, 0) is 16.1 Å². The molecule has 1 heterocycles. The number of hydrogen-bond donors (Lipinski definition) is 1. The van der Waals surface area contributed by atoms with Crippen LogP contribution in [0.3, 0.4) is 0 Å². The lowest BCUT2D eigenvalue weighted by atomic mass is 9.81. The van der Waals surface area contributed by atoms with Crippen molar-refractivity contribution in [2.75, 3.05) is 13.7 Å². The molecule has 144 valence electrons. The summed E-state index contributed by atoms with van der Waals surface area (Å²) >= 11 is 0. The normalized spacial score (nSPS) is 17.8. The number of halogens is 1. The van der Waals surface area contributed by atoms with Gasteiger partial charge in [-0.05, 0) is 25.7 Å². The standard InChI is InChI=1S/C17H30N4O3.ClH/c1-12(2)11-23-13(3)15-19-14(24-20-15)10-21(4)16(22)17(18)8-6-5-7-9-17;/h12-13H,5-11,18H2,1-4H3;1H. The second-order valence-corrected chi connectivity index (χ2v) is 7.29. The van der Waals surface area contributed by atoms with E-state index in [0.29, 0.717) is 24.2 Å². The maximum absolute atomic E-state index is 12.6. The second-order valence-electron chi connectivity index (χ2n) is 7.29. The summed E-state index contributed by atoms with van der Waals surface area (Å²) in [5.41, 5.74) is 5.55.